The zero-order valence-corrected chi connectivity index (χ0v) is 8.62. The first-order chi connectivity index (χ1) is 7.17. The Morgan fingerprint density at radius 1 is 1.73 bits per heavy atom. The van der Waals surface area contributed by atoms with Crippen molar-refractivity contribution in [3.05, 3.63) is 17.5 Å². The van der Waals surface area contributed by atoms with Gasteiger partial charge in [-0.3, -0.25) is 4.79 Å². The lowest BCUT2D eigenvalue weighted by molar-refractivity contribution is 0.0612. The van der Waals surface area contributed by atoms with Crippen molar-refractivity contribution < 1.29 is 14.4 Å². The largest absolute Gasteiger partial charge is 0.394 e. The second-order valence-corrected chi connectivity index (χ2v) is 4.08. The lowest BCUT2D eigenvalue weighted by atomic mass is 9.77. The minimum Gasteiger partial charge on any atom is -0.394 e. The first-order valence-electron chi connectivity index (χ1n) is 5.01. The lowest BCUT2D eigenvalue weighted by Gasteiger charge is -2.40. The number of nitrogens with one attached hydrogen (secondary N) is 1. The maximum Gasteiger partial charge on any atom is 0.290 e. The van der Waals surface area contributed by atoms with Gasteiger partial charge in [-0.2, -0.15) is 0 Å². The van der Waals surface area contributed by atoms with E-state index in [4.69, 9.17) is 4.52 Å². The van der Waals surface area contributed by atoms with E-state index >= 15 is 0 Å². The summed E-state index contributed by atoms with van der Waals surface area (Å²) in [4.78, 5) is 11.7. The van der Waals surface area contributed by atoms with Crippen LogP contribution >= 0.6 is 0 Å². The predicted molar refractivity (Wildman–Crippen MR) is 52.4 cm³/mol. The van der Waals surface area contributed by atoms with Crippen molar-refractivity contribution in [2.24, 2.45) is 0 Å². The summed E-state index contributed by atoms with van der Waals surface area (Å²) in [6, 6.07) is 0. The number of hydrogen-bond acceptors (Lipinski definition) is 4. The molecule has 1 aromatic rings. The van der Waals surface area contributed by atoms with Gasteiger partial charge in [-0.15, -0.1) is 0 Å². The Morgan fingerprint density at radius 3 is 2.87 bits per heavy atom. The Balaban J connectivity index is 2.07. The van der Waals surface area contributed by atoms with Crippen molar-refractivity contribution in [2.45, 2.75) is 31.7 Å². The molecule has 2 rings (SSSR count). The highest BCUT2D eigenvalue weighted by Crippen LogP contribution is 2.31. The van der Waals surface area contributed by atoms with E-state index in [1.165, 1.54) is 6.20 Å². The predicted octanol–water partition coefficient (Wildman–Crippen LogP) is 0.628. The van der Waals surface area contributed by atoms with E-state index in [2.05, 4.69) is 10.5 Å². The number of amides is 1. The van der Waals surface area contributed by atoms with E-state index in [0.29, 0.717) is 5.56 Å². The summed E-state index contributed by atoms with van der Waals surface area (Å²) < 4.78 is 4.84. The Labute approximate surface area is 87.5 Å². The van der Waals surface area contributed by atoms with Crippen LogP contribution in [0.3, 0.4) is 0 Å². The number of aromatic nitrogens is 1. The van der Waals surface area contributed by atoms with Crippen molar-refractivity contribution in [3.63, 3.8) is 0 Å². The summed E-state index contributed by atoms with van der Waals surface area (Å²) in [7, 11) is 0. The van der Waals surface area contributed by atoms with Gasteiger partial charge in [0.25, 0.3) is 5.91 Å². The molecule has 1 aliphatic rings. The minimum absolute atomic E-state index is 0.0219. The normalized spacial score (nSPS) is 18.3. The monoisotopic (exact) mass is 210 g/mol. The van der Waals surface area contributed by atoms with Crippen molar-refractivity contribution >= 4 is 5.91 Å². The SMILES string of the molecule is Cc1cnoc1C(=O)NC1(CO)CCC1. The molecule has 0 spiro atoms. The molecule has 1 aliphatic carbocycles. The first kappa shape index (κ1) is 10.2. The maximum atomic E-state index is 11.7. The van der Waals surface area contributed by atoms with Crippen LogP contribution in [0, 0.1) is 6.92 Å². The molecule has 1 amide bonds. The van der Waals surface area contributed by atoms with Crippen LogP contribution in [0.15, 0.2) is 10.7 Å². The van der Waals surface area contributed by atoms with Crippen LogP contribution in [0.5, 0.6) is 0 Å². The van der Waals surface area contributed by atoms with Gasteiger partial charge in [-0.05, 0) is 26.2 Å². The quantitative estimate of drug-likeness (QED) is 0.767. The maximum absolute atomic E-state index is 11.7. The van der Waals surface area contributed by atoms with Crippen LogP contribution in [0.2, 0.25) is 0 Å². The third-order valence-corrected chi connectivity index (χ3v) is 2.95. The molecule has 0 atom stereocenters. The highest BCUT2D eigenvalue weighted by atomic mass is 16.5. The van der Waals surface area contributed by atoms with Crippen molar-refractivity contribution in [1.82, 2.24) is 10.5 Å². The summed E-state index contributed by atoms with van der Waals surface area (Å²) in [5.74, 6) is -0.0616. The van der Waals surface area contributed by atoms with Gasteiger partial charge >= 0.3 is 0 Å². The fourth-order valence-corrected chi connectivity index (χ4v) is 1.73. The molecular formula is C10H14N2O3. The van der Waals surface area contributed by atoms with Crippen LogP contribution in [0.1, 0.15) is 35.4 Å². The summed E-state index contributed by atoms with van der Waals surface area (Å²) >= 11 is 0. The smallest absolute Gasteiger partial charge is 0.290 e. The highest BCUT2D eigenvalue weighted by Gasteiger charge is 2.38. The van der Waals surface area contributed by atoms with Crippen LogP contribution < -0.4 is 5.32 Å². The van der Waals surface area contributed by atoms with Gasteiger partial charge < -0.3 is 14.9 Å². The van der Waals surface area contributed by atoms with Crippen LogP contribution in [-0.2, 0) is 0 Å². The van der Waals surface area contributed by atoms with E-state index in [9.17, 15) is 9.90 Å². The van der Waals surface area contributed by atoms with Crippen LogP contribution in [0.4, 0.5) is 0 Å². The van der Waals surface area contributed by atoms with Gasteiger partial charge in [0.15, 0.2) is 0 Å². The molecule has 0 aromatic carbocycles. The number of carbonyl (C=O) groups excluding carboxylic acids is 1. The van der Waals surface area contributed by atoms with Gasteiger partial charge in [0.2, 0.25) is 5.76 Å². The van der Waals surface area contributed by atoms with Gasteiger partial charge in [0.1, 0.15) is 0 Å². The minimum atomic E-state index is -0.434. The number of rotatable bonds is 3. The van der Waals surface area contributed by atoms with E-state index in [1.807, 2.05) is 0 Å². The fourth-order valence-electron chi connectivity index (χ4n) is 1.73. The Hall–Kier alpha value is -1.36. The third-order valence-electron chi connectivity index (χ3n) is 2.95. The fraction of sp³-hybridized carbons (Fsp3) is 0.600. The molecule has 15 heavy (non-hydrogen) atoms. The molecule has 5 nitrogen and oxygen atoms in total. The number of nitrogens with zero attached hydrogens (tertiary/aromatic N) is 1. The average Bonchev–Trinajstić information content (AvgIpc) is 2.58. The first-order valence-corrected chi connectivity index (χ1v) is 5.01. The van der Waals surface area contributed by atoms with E-state index < -0.39 is 5.54 Å². The third kappa shape index (κ3) is 1.74. The average molecular weight is 210 g/mol. The second-order valence-electron chi connectivity index (χ2n) is 4.08. The topological polar surface area (TPSA) is 75.4 Å². The molecule has 5 heteroatoms. The highest BCUT2D eigenvalue weighted by molar-refractivity contribution is 5.93. The van der Waals surface area contributed by atoms with Crippen molar-refractivity contribution in [2.75, 3.05) is 6.61 Å². The number of aryl methyl sites for hydroxylation is 1. The Kier molecular flexibility index (Phi) is 2.48. The summed E-state index contributed by atoms with van der Waals surface area (Å²) in [6.45, 7) is 1.74. The van der Waals surface area contributed by atoms with Gasteiger partial charge in [-0.1, -0.05) is 5.16 Å². The summed E-state index contributed by atoms with van der Waals surface area (Å²) in [5.41, 5.74) is 0.274. The molecule has 1 saturated carbocycles. The van der Waals surface area contributed by atoms with E-state index in [-0.39, 0.29) is 18.3 Å². The molecule has 1 heterocycles. The second kappa shape index (κ2) is 3.66. The number of aliphatic hydroxyl groups excluding tert-OH is 1. The zero-order chi connectivity index (χ0) is 10.9. The van der Waals surface area contributed by atoms with Crippen molar-refractivity contribution in [3.8, 4) is 0 Å². The number of carbonyl (C=O) groups is 1. The molecule has 0 aliphatic heterocycles. The molecule has 0 saturated heterocycles. The Bertz CT molecular complexity index is 363. The van der Waals surface area contributed by atoms with Gasteiger partial charge in [0.05, 0.1) is 18.3 Å². The van der Waals surface area contributed by atoms with Gasteiger partial charge in [-0.25, -0.2) is 0 Å². The summed E-state index contributed by atoms with van der Waals surface area (Å²) in [5, 5.41) is 15.5. The molecule has 0 unspecified atom stereocenters. The standard InChI is InChI=1S/C10H14N2O3/c1-7-5-11-15-8(7)9(14)12-10(6-13)3-2-4-10/h5,13H,2-4,6H2,1H3,(H,12,14). The zero-order valence-electron chi connectivity index (χ0n) is 8.62. The molecule has 0 bridgehead atoms. The number of hydrogen-bond donors (Lipinski definition) is 2. The number of aliphatic hydroxyl groups is 1. The van der Waals surface area contributed by atoms with Crippen LogP contribution in [-0.4, -0.2) is 28.3 Å². The van der Waals surface area contributed by atoms with E-state index in [0.717, 1.165) is 19.3 Å². The summed E-state index contributed by atoms with van der Waals surface area (Å²) in [6.07, 6.45) is 4.18. The molecule has 1 fully saturated rings. The molecular weight excluding hydrogens is 196 g/mol. The van der Waals surface area contributed by atoms with Crippen molar-refractivity contribution in [1.29, 1.82) is 0 Å². The van der Waals surface area contributed by atoms with Gasteiger partial charge in [0, 0.05) is 5.56 Å². The molecule has 82 valence electrons. The lowest BCUT2D eigenvalue weighted by Crippen LogP contribution is -2.56. The Morgan fingerprint density at radius 2 is 2.47 bits per heavy atom. The molecule has 1 aromatic heterocycles. The van der Waals surface area contributed by atoms with Crippen LogP contribution in [0.25, 0.3) is 0 Å². The molecule has 2 N–H and O–H groups in total. The molecule has 0 radical (unpaired) electrons. The van der Waals surface area contributed by atoms with E-state index in [1.54, 1.807) is 6.92 Å².